The van der Waals surface area contributed by atoms with E-state index < -0.39 is 6.10 Å². The van der Waals surface area contributed by atoms with E-state index in [4.69, 9.17) is 14.2 Å². The van der Waals surface area contributed by atoms with Gasteiger partial charge in [-0.2, -0.15) is 0 Å². The Kier molecular flexibility index (Phi) is 44.0. The highest BCUT2D eigenvalue weighted by molar-refractivity contribution is 5.71. The SMILES string of the molecule is CC/C=C\C/C=C\C/C=C\CCCCCCCC(=O)OCC(COC(=O)CCCCCCC/C=C\CCCC)OC(=O)CCCCCCC/C=C\C/C=C\CCCC. The van der Waals surface area contributed by atoms with Gasteiger partial charge in [0.25, 0.3) is 0 Å². The lowest BCUT2D eigenvalue weighted by atomic mass is 10.1. The van der Waals surface area contributed by atoms with Crippen LogP contribution in [0.2, 0.25) is 0 Å². The van der Waals surface area contributed by atoms with Gasteiger partial charge in [0.1, 0.15) is 13.2 Å². The van der Waals surface area contributed by atoms with Crippen LogP contribution in [0.1, 0.15) is 220 Å². The Labute approximate surface area is 357 Å². The second-order valence-corrected chi connectivity index (χ2v) is 15.6. The molecule has 6 heteroatoms. The summed E-state index contributed by atoms with van der Waals surface area (Å²) >= 11 is 0. The van der Waals surface area contributed by atoms with Crippen LogP contribution in [0.3, 0.4) is 0 Å². The molecule has 58 heavy (non-hydrogen) atoms. The fourth-order valence-electron chi connectivity index (χ4n) is 6.28. The van der Waals surface area contributed by atoms with Gasteiger partial charge in [-0.15, -0.1) is 0 Å². The van der Waals surface area contributed by atoms with Crippen LogP contribution in [0.15, 0.2) is 72.9 Å². The van der Waals surface area contributed by atoms with Gasteiger partial charge >= 0.3 is 17.9 Å². The first-order chi connectivity index (χ1) is 28.5. The number of hydrogen-bond donors (Lipinski definition) is 0. The number of rotatable bonds is 42. The van der Waals surface area contributed by atoms with Crippen molar-refractivity contribution < 1.29 is 28.6 Å². The second kappa shape index (κ2) is 46.5. The van der Waals surface area contributed by atoms with E-state index in [9.17, 15) is 14.4 Å². The molecule has 0 N–H and O–H groups in total. The number of unbranched alkanes of at least 4 members (excludes halogenated alkanes) is 19. The first kappa shape index (κ1) is 54.9. The summed E-state index contributed by atoms with van der Waals surface area (Å²) < 4.78 is 16.7. The quantitative estimate of drug-likeness (QED) is 0.0264. The molecule has 0 saturated heterocycles. The van der Waals surface area contributed by atoms with E-state index in [1.165, 1.54) is 51.4 Å². The summed E-state index contributed by atoms with van der Waals surface area (Å²) in [4.78, 5) is 37.8. The third kappa shape index (κ3) is 44.0. The molecular weight excluding hydrogens is 721 g/mol. The monoisotopic (exact) mass is 809 g/mol. The molecule has 0 amide bonds. The summed E-state index contributed by atoms with van der Waals surface area (Å²) in [6.45, 7) is 6.40. The number of esters is 3. The summed E-state index contributed by atoms with van der Waals surface area (Å²) in [5.74, 6) is -0.936. The van der Waals surface area contributed by atoms with Crippen molar-refractivity contribution >= 4 is 17.9 Å². The van der Waals surface area contributed by atoms with Crippen LogP contribution in [0.25, 0.3) is 0 Å². The van der Waals surface area contributed by atoms with Crippen molar-refractivity contribution in [1.82, 2.24) is 0 Å². The highest BCUT2D eigenvalue weighted by Gasteiger charge is 2.19. The molecule has 0 bridgehead atoms. The predicted octanol–water partition coefficient (Wildman–Crippen LogP) is 15.5. The lowest BCUT2D eigenvalue weighted by Crippen LogP contribution is -2.30. The van der Waals surface area contributed by atoms with Crippen LogP contribution < -0.4 is 0 Å². The molecular formula is C52H88O6. The third-order valence-electron chi connectivity index (χ3n) is 9.91. The first-order valence-corrected chi connectivity index (χ1v) is 23.9. The van der Waals surface area contributed by atoms with E-state index >= 15 is 0 Å². The minimum atomic E-state index is -0.791. The summed E-state index contributed by atoms with van der Waals surface area (Å²) in [7, 11) is 0. The van der Waals surface area contributed by atoms with E-state index in [0.717, 1.165) is 128 Å². The zero-order chi connectivity index (χ0) is 42.3. The van der Waals surface area contributed by atoms with E-state index in [1.807, 2.05) is 0 Å². The Balaban J connectivity index is 4.44. The van der Waals surface area contributed by atoms with Gasteiger partial charge in [0.15, 0.2) is 6.10 Å². The molecule has 0 radical (unpaired) electrons. The zero-order valence-corrected chi connectivity index (χ0v) is 37.8. The summed E-state index contributed by atoms with van der Waals surface area (Å²) in [6.07, 6.45) is 57.3. The van der Waals surface area contributed by atoms with Gasteiger partial charge in [0.05, 0.1) is 0 Å². The topological polar surface area (TPSA) is 78.9 Å². The molecule has 0 aliphatic carbocycles. The van der Waals surface area contributed by atoms with Gasteiger partial charge in [0.2, 0.25) is 0 Å². The minimum absolute atomic E-state index is 0.0920. The Bertz CT molecular complexity index is 1110. The predicted molar refractivity (Wildman–Crippen MR) is 247 cm³/mol. The van der Waals surface area contributed by atoms with Crippen LogP contribution in [-0.4, -0.2) is 37.2 Å². The fourth-order valence-corrected chi connectivity index (χ4v) is 6.28. The molecule has 0 rings (SSSR count). The first-order valence-electron chi connectivity index (χ1n) is 23.9. The molecule has 0 aromatic heterocycles. The highest BCUT2D eigenvalue weighted by atomic mass is 16.6. The second-order valence-electron chi connectivity index (χ2n) is 15.6. The maximum Gasteiger partial charge on any atom is 0.306 e. The van der Waals surface area contributed by atoms with Crippen molar-refractivity contribution in [2.75, 3.05) is 13.2 Å². The number of hydrogen-bond acceptors (Lipinski definition) is 6. The number of carbonyl (C=O) groups excluding carboxylic acids is 3. The lowest BCUT2D eigenvalue weighted by Gasteiger charge is -2.18. The molecule has 332 valence electrons. The largest absolute Gasteiger partial charge is 0.462 e. The normalized spacial score (nSPS) is 12.7. The molecule has 0 aromatic carbocycles. The molecule has 0 saturated carbocycles. The maximum absolute atomic E-state index is 12.7. The molecule has 0 aliphatic rings. The van der Waals surface area contributed by atoms with Crippen LogP contribution >= 0.6 is 0 Å². The van der Waals surface area contributed by atoms with Gasteiger partial charge in [0, 0.05) is 19.3 Å². The molecule has 0 spiro atoms. The maximum atomic E-state index is 12.7. The Morgan fingerprint density at radius 1 is 0.362 bits per heavy atom. The van der Waals surface area contributed by atoms with Crippen LogP contribution in [0, 0.1) is 0 Å². The molecule has 0 fully saturated rings. The van der Waals surface area contributed by atoms with Gasteiger partial charge in [-0.1, -0.05) is 177 Å². The summed E-state index contributed by atoms with van der Waals surface area (Å²) in [5, 5.41) is 0. The molecule has 0 aromatic rings. The van der Waals surface area contributed by atoms with Crippen molar-refractivity contribution in [1.29, 1.82) is 0 Å². The fraction of sp³-hybridized carbons (Fsp3) is 0.712. The van der Waals surface area contributed by atoms with Gasteiger partial charge in [-0.05, 0) is 96.3 Å². The Hall–Kier alpha value is -3.15. The molecule has 1 atom stereocenters. The van der Waals surface area contributed by atoms with Crippen molar-refractivity contribution in [3.8, 4) is 0 Å². The molecule has 1 unspecified atom stereocenters. The lowest BCUT2D eigenvalue weighted by molar-refractivity contribution is -0.167. The van der Waals surface area contributed by atoms with Crippen molar-refractivity contribution in [2.24, 2.45) is 0 Å². The molecule has 0 heterocycles. The van der Waals surface area contributed by atoms with Crippen LogP contribution in [-0.2, 0) is 28.6 Å². The highest BCUT2D eigenvalue weighted by Crippen LogP contribution is 2.13. The number of allylic oxidation sites excluding steroid dienone is 12. The third-order valence-corrected chi connectivity index (χ3v) is 9.91. The Morgan fingerprint density at radius 3 is 1.07 bits per heavy atom. The number of ether oxygens (including phenoxy) is 3. The van der Waals surface area contributed by atoms with E-state index in [0.29, 0.717) is 19.3 Å². The van der Waals surface area contributed by atoms with Crippen molar-refractivity contribution in [3.05, 3.63) is 72.9 Å². The smallest absolute Gasteiger partial charge is 0.306 e. The average Bonchev–Trinajstić information content (AvgIpc) is 3.22. The van der Waals surface area contributed by atoms with Crippen molar-refractivity contribution in [2.45, 2.75) is 226 Å². The van der Waals surface area contributed by atoms with Crippen molar-refractivity contribution in [3.63, 3.8) is 0 Å². The van der Waals surface area contributed by atoms with Gasteiger partial charge in [-0.3, -0.25) is 14.4 Å². The van der Waals surface area contributed by atoms with E-state index in [-0.39, 0.29) is 31.1 Å². The standard InChI is InChI=1S/C52H88O6/c1-4-7-10-13-16-19-22-24-26-28-30-33-36-39-42-45-51(54)57-48-49(47-56-50(53)44-41-38-35-32-29-21-18-15-12-9-6-3)58-52(55)46-43-40-37-34-31-27-25-23-20-17-14-11-8-5-2/h7,10,14-19,23-26,49H,4-6,8-9,11-13,20-22,27-48H2,1-3H3/b10-7-,17-14-,18-15-,19-16-,25-23-,26-24-. The Morgan fingerprint density at radius 2 is 0.672 bits per heavy atom. The minimum Gasteiger partial charge on any atom is -0.462 e. The zero-order valence-electron chi connectivity index (χ0n) is 37.8. The van der Waals surface area contributed by atoms with Crippen LogP contribution in [0.4, 0.5) is 0 Å². The van der Waals surface area contributed by atoms with E-state index in [2.05, 4.69) is 93.7 Å². The molecule has 0 aliphatic heterocycles. The van der Waals surface area contributed by atoms with Crippen LogP contribution in [0.5, 0.6) is 0 Å². The van der Waals surface area contributed by atoms with Gasteiger partial charge in [-0.25, -0.2) is 0 Å². The number of carbonyl (C=O) groups is 3. The summed E-state index contributed by atoms with van der Waals surface area (Å²) in [5.41, 5.74) is 0. The van der Waals surface area contributed by atoms with E-state index in [1.54, 1.807) is 0 Å². The van der Waals surface area contributed by atoms with Gasteiger partial charge < -0.3 is 14.2 Å². The summed E-state index contributed by atoms with van der Waals surface area (Å²) in [6, 6.07) is 0. The molecule has 6 nitrogen and oxygen atoms in total. The average molecular weight is 809 g/mol.